The van der Waals surface area contributed by atoms with Gasteiger partial charge in [-0.15, -0.1) is 0 Å². The third-order valence-corrected chi connectivity index (χ3v) is 3.83. The second-order valence-corrected chi connectivity index (χ2v) is 4.81. The summed E-state index contributed by atoms with van der Waals surface area (Å²) in [6.45, 7) is 0. The topological polar surface area (TPSA) is 35.5 Å². The number of benzene rings is 1. The SMILES string of the molecule is COc1ccc([C@H]2CCCC[C@@H]2C=O)cc1OC. The Morgan fingerprint density at radius 3 is 2.50 bits per heavy atom. The average Bonchev–Trinajstić information content (AvgIpc) is 2.46. The Bertz CT molecular complexity index is 414. The minimum Gasteiger partial charge on any atom is -0.493 e. The van der Waals surface area contributed by atoms with E-state index in [0.717, 1.165) is 37.0 Å². The van der Waals surface area contributed by atoms with E-state index in [1.54, 1.807) is 14.2 Å². The predicted octanol–water partition coefficient (Wildman–Crippen LogP) is 3.18. The van der Waals surface area contributed by atoms with Gasteiger partial charge in [0.25, 0.3) is 0 Å². The summed E-state index contributed by atoms with van der Waals surface area (Å²) in [5.74, 6) is 1.96. The molecule has 3 heteroatoms. The Balaban J connectivity index is 2.28. The van der Waals surface area contributed by atoms with Crippen LogP contribution in [0.3, 0.4) is 0 Å². The zero-order valence-corrected chi connectivity index (χ0v) is 11.0. The third-order valence-electron chi connectivity index (χ3n) is 3.83. The van der Waals surface area contributed by atoms with E-state index in [-0.39, 0.29) is 5.92 Å². The molecule has 1 aromatic rings. The molecule has 1 saturated carbocycles. The molecule has 0 saturated heterocycles. The van der Waals surface area contributed by atoms with Crippen LogP contribution >= 0.6 is 0 Å². The number of hydrogen-bond donors (Lipinski definition) is 0. The molecule has 2 atom stereocenters. The van der Waals surface area contributed by atoms with Crippen LogP contribution in [0, 0.1) is 5.92 Å². The van der Waals surface area contributed by atoms with Crippen molar-refractivity contribution in [2.24, 2.45) is 5.92 Å². The highest BCUT2D eigenvalue weighted by molar-refractivity contribution is 5.57. The van der Waals surface area contributed by atoms with Crippen LogP contribution in [0.25, 0.3) is 0 Å². The number of aldehydes is 1. The average molecular weight is 248 g/mol. The first-order valence-electron chi connectivity index (χ1n) is 6.47. The summed E-state index contributed by atoms with van der Waals surface area (Å²) in [6, 6.07) is 5.98. The van der Waals surface area contributed by atoms with Crippen molar-refractivity contribution in [3.8, 4) is 11.5 Å². The van der Waals surface area contributed by atoms with Gasteiger partial charge in [-0.25, -0.2) is 0 Å². The molecule has 0 radical (unpaired) electrons. The third kappa shape index (κ3) is 2.50. The van der Waals surface area contributed by atoms with Crippen LogP contribution in [0.4, 0.5) is 0 Å². The molecule has 1 aliphatic carbocycles. The van der Waals surface area contributed by atoms with Crippen molar-refractivity contribution in [3.63, 3.8) is 0 Å². The first-order chi connectivity index (χ1) is 8.80. The van der Waals surface area contributed by atoms with Gasteiger partial charge < -0.3 is 14.3 Å². The lowest BCUT2D eigenvalue weighted by Gasteiger charge is -2.28. The molecule has 0 amide bonds. The summed E-state index contributed by atoms with van der Waals surface area (Å²) < 4.78 is 10.6. The molecule has 98 valence electrons. The van der Waals surface area contributed by atoms with E-state index in [0.29, 0.717) is 5.92 Å². The highest BCUT2D eigenvalue weighted by atomic mass is 16.5. The molecule has 1 fully saturated rings. The van der Waals surface area contributed by atoms with Gasteiger partial charge in [0.2, 0.25) is 0 Å². The van der Waals surface area contributed by atoms with Gasteiger partial charge in [-0.2, -0.15) is 0 Å². The lowest BCUT2D eigenvalue weighted by Crippen LogP contribution is -2.18. The second-order valence-electron chi connectivity index (χ2n) is 4.81. The highest BCUT2D eigenvalue weighted by Crippen LogP contribution is 2.39. The predicted molar refractivity (Wildman–Crippen MR) is 70.3 cm³/mol. The highest BCUT2D eigenvalue weighted by Gasteiger charge is 2.26. The zero-order chi connectivity index (χ0) is 13.0. The molecule has 1 aliphatic rings. The largest absolute Gasteiger partial charge is 0.493 e. The molecule has 2 rings (SSSR count). The molecule has 0 heterocycles. The van der Waals surface area contributed by atoms with Crippen molar-refractivity contribution >= 4 is 6.29 Å². The number of carbonyl (C=O) groups excluding carboxylic acids is 1. The number of rotatable bonds is 4. The van der Waals surface area contributed by atoms with Crippen molar-refractivity contribution in [3.05, 3.63) is 23.8 Å². The summed E-state index contributed by atoms with van der Waals surface area (Å²) in [7, 11) is 3.27. The number of hydrogen-bond acceptors (Lipinski definition) is 3. The molecule has 0 N–H and O–H groups in total. The van der Waals surface area contributed by atoms with E-state index in [9.17, 15) is 4.79 Å². The molecule has 0 bridgehead atoms. The summed E-state index contributed by atoms with van der Waals surface area (Å²) in [4.78, 5) is 11.2. The van der Waals surface area contributed by atoms with Crippen LogP contribution in [0.2, 0.25) is 0 Å². The maximum atomic E-state index is 11.2. The fourth-order valence-corrected chi connectivity index (χ4v) is 2.82. The van der Waals surface area contributed by atoms with Crippen molar-refractivity contribution in [1.29, 1.82) is 0 Å². The molecule has 3 nitrogen and oxygen atoms in total. The molecular weight excluding hydrogens is 228 g/mol. The van der Waals surface area contributed by atoms with E-state index in [1.807, 2.05) is 18.2 Å². The van der Waals surface area contributed by atoms with E-state index in [2.05, 4.69) is 0 Å². The lowest BCUT2D eigenvalue weighted by molar-refractivity contribution is -0.112. The van der Waals surface area contributed by atoms with E-state index < -0.39 is 0 Å². The molecule has 1 aromatic carbocycles. The van der Waals surface area contributed by atoms with E-state index in [4.69, 9.17) is 9.47 Å². The fraction of sp³-hybridized carbons (Fsp3) is 0.533. The Hall–Kier alpha value is -1.51. The van der Waals surface area contributed by atoms with Gasteiger partial charge in [0.1, 0.15) is 6.29 Å². The summed E-state index contributed by atoms with van der Waals surface area (Å²) in [5, 5.41) is 0. The minimum absolute atomic E-state index is 0.150. The summed E-state index contributed by atoms with van der Waals surface area (Å²) in [6.07, 6.45) is 5.55. The first kappa shape index (κ1) is 12.9. The second kappa shape index (κ2) is 5.89. The Labute approximate surface area is 108 Å². The number of ether oxygens (including phenoxy) is 2. The molecule has 0 aliphatic heterocycles. The van der Waals surface area contributed by atoms with E-state index >= 15 is 0 Å². The monoisotopic (exact) mass is 248 g/mol. The zero-order valence-electron chi connectivity index (χ0n) is 11.0. The van der Waals surface area contributed by atoms with E-state index in [1.165, 1.54) is 12.0 Å². The van der Waals surface area contributed by atoms with Crippen molar-refractivity contribution in [2.45, 2.75) is 31.6 Å². The normalized spacial score (nSPS) is 23.4. The Morgan fingerprint density at radius 2 is 1.83 bits per heavy atom. The molecule has 0 spiro atoms. The van der Waals surface area contributed by atoms with Crippen LogP contribution in [-0.4, -0.2) is 20.5 Å². The molecule has 0 aromatic heterocycles. The van der Waals surface area contributed by atoms with Gasteiger partial charge in [0, 0.05) is 5.92 Å². The molecular formula is C15H20O3. The van der Waals surface area contributed by atoms with Gasteiger partial charge in [-0.1, -0.05) is 18.9 Å². The van der Waals surface area contributed by atoms with Gasteiger partial charge in [-0.05, 0) is 36.5 Å². The standard InChI is InChI=1S/C15H20O3/c1-17-14-8-7-11(9-15(14)18-2)13-6-4-3-5-12(13)10-16/h7-10,12-13H,3-6H2,1-2H3/t12-,13-/m1/s1. The first-order valence-corrected chi connectivity index (χ1v) is 6.47. The quantitative estimate of drug-likeness (QED) is 0.768. The Kier molecular flexibility index (Phi) is 4.24. The summed E-state index contributed by atoms with van der Waals surface area (Å²) in [5.41, 5.74) is 1.18. The van der Waals surface area contributed by atoms with Crippen LogP contribution in [0.15, 0.2) is 18.2 Å². The van der Waals surface area contributed by atoms with Gasteiger partial charge in [0.05, 0.1) is 14.2 Å². The van der Waals surface area contributed by atoms with Gasteiger partial charge >= 0.3 is 0 Å². The minimum atomic E-state index is 0.150. The van der Waals surface area contributed by atoms with Crippen LogP contribution < -0.4 is 9.47 Å². The van der Waals surface area contributed by atoms with Crippen LogP contribution in [0.5, 0.6) is 11.5 Å². The fourth-order valence-electron chi connectivity index (χ4n) is 2.82. The number of methoxy groups -OCH3 is 2. The maximum absolute atomic E-state index is 11.2. The molecule has 18 heavy (non-hydrogen) atoms. The van der Waals surface area contributed by atoms with Crippen molar-refractivity contribution < 1.29 is 14.3 Å². The van der Waals surface area contributed by atoms with Crippen molar-refractivity contribution in [2.75, 3.05) is 14.2 Å². The molecule has 0 unspecified atom stereocenters. The van der Waals surface area contributed by atoms with Gasteiger partial charge in [-0.3, -0.25) is 0 Å². The van der Waals surface area contributed by atoms with Crippen LogP contribution in [0.1, 0.15) is 37.2 Å². The summed E-state index contributed by atoms with van der Waals surface area (Å²) >= 11 is 0. The number of carbonyl (C=O) groups is 1. The Morgan fingerprint density at radius 1 is 1.11 bits per heavy atom. The van der Waals surface area contributed by atoms with Crippen molar-refractivity contribution in [1.82, 2.24) is 0 Å². The lowest BCUT2D eigenvalue weighted by atomic mass is 9.76. The van der Waals surface area contributed by atoms with Gasteiger partial charge in [0.15, 0.2) is 11.5 Å². The van der Waals surface area contributed by atoms with Crippen LogP contribution in [-0.2, 0) is 4.79 Å². The smallest absolute Gasteiger partial charge is 0.160 e. The maximum Gasteiger partial charge on any atom is 0.160 e.